The van der Waals surface area contributed by atoms with Crippen molar-refractivity contribution >= 4 is 28.0 Å². The van der Waals surface area contributed by atoms with Gasteiger partial charge in [-0.1, -0.05) is 24.9 Å². The van der Waals surface area contributed by atoms with Crippen molar-refractivity contribution in [2.24, 2.45) is 0 Å². The second-order valence-corrected chi connectivity index (χ2v) is 5.94. The molecule has 1 aromatic heterocycles. The van der Waals surface area contributed by atoms with Crippen LogP contribution in [-0.2, 0) is 12.8 Å². The summed E-state index contributed by atoms with van der Waals surface area (Å²) >= 11 is 8.11. The zero-order valence-corrected chi connectivity index (χ0v) is 11.6. The van der Waals surface area contributed by atoms with Gasteiger partial charge < -0.3 is 0 Å². The van der Waals surface area contributed by atoms with Gasteiger partial charge in [0.05, 0.1) is 11.1 Å². The molecule has 90 valence electrons. The molecule has 0 atom stereocenters. The number of hydrogen-bond acceptors (Lipinski definition) is 2. The van der Waals surface area contributed by atoms with Crippen LogP contribution in [0.15, 0.2) is 11.6 Å². The van der Waals surface area contributed by atoms with Crippen LogP contribution in [0.5, 0.6) is 0 Å². The minimum Gasteiger partial charge on any atom is -0.193 e. The average molecular weight is 266 g/mol. The van der Waals surface area contributed by atoms with Gasteiger partial charge in [0.1, 0.15) is 0 Å². The number of aryl methyl sites for hydroxylation is 2. The van der Waals surface area contributed by atoms with E-state index in [-0.39, 0.29) is 0 Å². The van der Waals surface area contributed by atoms with Gasteiger partial charge in [0, 0.05) is 15.3 Å². The molecule has 0 radical (unpaired) electrons. The highest BCUT2D eigenvalue weighted by Crippen LogP contribution is 2.36. The van der Waals surface area contributed by atoms with Crippen molar-refractivity contribution in [3.05, 3.63) is 27.0 Å². The van der Waals surface area contributed by atoms with Crippen LogP contribution < -0.4 is 0 Å². The molecule has 0 aromatic carbocycles. The van der Waals surface area contributed by atoms with Gasteiger partial charge in [-0.3, -0.25) is 0 Å². The van der Waals surface area contributed by atoms with E-state index in [0.717, 1.165) is 23.3 Å². The number of thiophene rings is 1. The highest BCUT2D eigenvalue weighted by molar-refractivity contribution is 7.14. The van der Waals surface area contributed by atoms with Crippen LogP contribution in [0.3, 0.4) is 0 Å². The van der Waals surface area contributed by atoms with Crippen molar-refractivity contribution in [3.63, 3.8) is 0 Å². The first-order valence-corrected chi connectivity index (χ1v) is 7.36. The third-order valence-corrected chi connectivity index (χ3v) is 4.91. The minimum absolute atomic E-state index is 0.675. The number of rotatable bonds is 3. The molecule has 1 aliphatic carbocycles. The maximum Gasteiger partial charge on any atom is 0.0963 e. The molecule has 0 fully saturated rings. The van der Waals surface area contributed by atoms with Gasteiger partial charge in [0.15, 0.2) is 0 Å². The lowest BCUT2D eigenvalue weighted by Crippen LogP contribution is -1.96. The van der Waals surface area contributed by atoms with Crippen molar-refractivity contribution in [2.75, 3.05) is 0 Å². The lowest BCUT2D eigenvalue weighted by molar-refractivity contribution is 0.697. The van der Waals surface area contributed by atoms with Crippen LogP contribution in [0.1, 0.15) is 47.9 Å². The summed E-state index contributed by atoms with van der Waals surface area (Å²) in [6.45, 7) is 2.07. The Kier molecular flexibility index (Phi) is 4.25. The van der Waals surface area contributed by atoms with Gasteiger partial charge in [-0.05, 0) is 43.7 Å². The SMILES string of the molecule is CCCC(C#N)=C(Cl)c1cc2c(s1)CCCC2. The number of fused-ring (bicyclic) bond motifs is 1. The molecule has 17 heavy (non-hydrogen) atoms. The maximum absolute atomic E-state index is 9.10. The Hall–Kier alpha value is -0.780. The Morgan fingerprint density at radius 1 is 1.47 bits per heavy atom. The van der Waals surface area contributed by atoms with Gasteiger partial charge in [-0.2, -0.15) is 5.26 Å². The molecule has 1 aliphatic rings. The number of allylic oxidation sites excluding steroid dienone is 1. The predicted molar refractivity (Wildman–Crippen MR) is 74.3 cm³/mol. The van der Waals surface area contributed by atoms with Gasteiger partial charge in [-0.25, -0.2) is 0 Å². The van der Waals surface area contributed by atoms with E-state index in [0.29, 0.717) is 5.03 Å². The Morgan fingerprint density at radius 2 is 2.24 bits per heavy atom. The van der Waals surface area contributed by atoms with Crippen LogP contribution in [0.25, 0.3) is 5.03 Å². The molecule has 0 N–H and O–H groups in total. The van der Waals surface area contributed by atoms with Gasteiger partial charge >= 0.3 is 0 Å². The Balaban J connectivity index is 2.33. The molecule has 1 heterocycles. The summed E-state index contributed by atoms with van der Waals surface area (Å²) in [7, 11) is 0. The third kappa shape index (κ3) is 2.73. The summed E-state index contributed by atoms with van der Waals surface area (Å²) in [5, 5.41) is 9.78. The number of nitrogens with zero attached hydrogens (tertiary/aromatic N) is 1. The quantitative estimate of drug-likeness (QED) is 0.713. The summed E-state index contributed by atoms with van der Waals surface area (Å²) in [4.78, 5) is 2.56. The summed E-state index contributed by atoms with van der Waals surface area (Å²) in [5.74, 6) is 0. The fraction of sp³-hybridized carbons (Fsp3) is 0.500. The lowest BCUT2D eigenvalue weighted by atomic mass is 9.99. The summed E-state index contributed by atoms with van der Waals surface area (Å²) in [6.07, 6.45) is 6.66. The molecule has 0 spiro atoms. The topological polar surface area (TPSA) is 23.8 Å². The van der Waals surface area contributed by atoms with E-state index in [9.17, 15) is 0 Å². The third-order valence-electron chi connectivity index (χ3n) is 3.11. The molecule has 3 heteroatoms. The van der Waals surface area contributed by atoms with Gasteiger partial charge in [0.2, 0.25) is 0 Å². The molecule has 0 amide bonds. The van der Waals surface area contributed by atoms with Gasteiger partial charge in [0.25, 0.3) is 0 Å². The molecular weight excluding hydrogens is 250 g/mol. The van der Waals surface area contributed by atoms with E-state index >= 15 is 0 Å². The second-order valence-electron chi connectivity index (χ2n) is 4.42. The zero-order chi connectivity index (χ0) is 12.3. The lowest BCUT2D eigenvalue weighted by Gasteiger charge is -2.08. The molecular formula is C14H16ClNS. The largest absolute Gasteiger partial charge is 0.193 e. The van der Waals surface area contributed by atoms with Crippen LogP contribution in [0.4, 0.5) is 0 Å². The molecule has 2 rings (SSSR count). The van der Waals surface area contributed by atoms with Crippen LogP contribution >= 0.6 is 22.9 Å². The number of hydrogen-bond donors (Lipinski definition) is 0. The van der Waals surface area contributed by atoms with Gasteiger partial charge in [-0.15, -0.1) is 11.3 Å². The van der Waals surface area contributed by atoms with E-state index in [1.165, 1.54) is 36.1 Å². The Bertz CT molecular complexity index is 455. The monoisotopic (exact) mass is 265 g/mol. The molecule has 0 bridgehead atoms. The molecule has 0 saturated carbocycles. The van der Waals surface area contributed by atoms with Crippen molar-refractivity contribution in [3.8, 4) is 6.07 Å². The fourth-order valence-electron chi connectivity index (χ4n) is 2.21. The Morgan fingerprint density at radius 3 is 2.88 bits per heavy atom. The van der Waals surface area contributed by atoms with E-state index in [1.807, 2.05) is 0 Å². The fourth-order valence-corrected chi connectivity index (χ4v) is 3.74. The molecule has 0 aliphatic heterocycles. The summed E-state index contributed by atoms with van der Waals surface area (Å²) in [6, 6.07) is 4.42. The zero-order valence-electron chi connectivity index (χ0n) is 10.1. The van der Waals surface area contributed by atoms with Crippen molar-refractivity contribution < 1.29 is 0 Å². The highest BCUT2D eigenvalue weighted by atomic mass is 35.5. The Labute approximate surface area is 112 Å². The van der Waals surface area contributed by atoms with E-state index in [4.69, 9.17) is 16.9 Å². The summed E-state index contributed by atoms with van der Waals surface area (Å²) < 4.78 is 0. The van der Waals surface area contributed by atoms with Crippen LogP contribution in [0, 0.1) is 11.3 Å². The van der Waals surface area contributed by atoms with E-state index in [2.05, 4.69) is 19.1 Å². The molecule has 1 aromatic rings. The first-order valence-electron chi connectivity index (χ1n) is 6.17. The van der Waals surface area contributed by atoms with E-state index < -0.39 is 0 Å². The van der Waals surface area contributed by atoms with Crippen LogP contribution in [0.2, 0.25) is 0 Å². The number of halogens is 1. The minimum atomic E-state index is 0.675. The smallest absolute Gasteiger partial charge is 0.0963 e. The highest BCUT2D eigenvalue weighted by Gasteiger charge is 2.16. The standard InChI is InChI=1S/C14H16ClNS/c1-2-5-11(9-16)14(15)13-8-10-6-3-4-7-12(10)17-13/h8H,2-7H2,1H3. The van der Waals surface area contributed by atoms with Crippen molar-refractivity contribution in [1.29, 1.82) is 5.26 Å². The molecule has 1 nitrogen and oxygen atoms in total. The molecule has 0 saturated heterocycles. The van der Waals surface area contributed by atoms with Crippen LogP contribution in [-0.4, -0.2) is 0 Å². The number of nitriles is 1. The first kappa shape index (κ1) is 12.7. The predicted octanol–water partition coefficient (Wildman–Crippen LogP) is 4.90. The average Bonchev–Trinajstić information content (AvgIpc) is 2.78. The normalized spacial score (nSPS) is 16.1. The van der Waals surface area contributed by atoms with E-state index in [1.54, 1.807) is 11.3 Å². The van der Waals surface area contributed by atoms with Crippen molar-refractivity contribution in [2.45, 2.75) is 45.4 Å². The second kappa shape index (κ2) is 5.71. The first-order chi connectivity index (χ1) is 8.26. The van der Waals surface area contributed by atoms with Crippen molar-refractivity contribution in [1.82, 2.24) is 0 Å². The molecule has 0 unspecified atom stereocenters. The maximum atomic E-state index is 9.10. The summed E-state index contributed by atoms with van der Waals surface area (Å²) in [5.41, 5.74) is 2.18.